The highest BCUT2D eigenvalue weighted by Crippen LogP contribution is 2.28. The highest BCUT2D eigenvalue weighted by Gasteiger charge is 2.16. The molecule has 0 saturated heterocycles. The average molecular weight is 268 g/mol. The van der Waals surface area contributed by atoms with Crippen LogP contribution >= 0.6 is 0 Å². The number of rotatable bonds is 7. The number of nitrogens with zero attached hydrogens (tertiary/aromatic N) is 1. The van der Waals surface area contributed by atoms with Gasteiger partial charge >= 0.3 is 0 Å². The minimum absolute atomic E-state index is 0.0819. The Morgan fingerprint density at radius 1 is 1.37 bits per heavy atom. The molecule has 108 valence electrons. The van der Waals surface area contributed by atoms with Crippen LogP contribution in [0.3, 0.4) is 0 Å². The van der Waals surface area contributed by atoms with Crippen molar-refractivity contribution in [2.45, 2.75) is 39.7 Å². The number of unbranched alkanes of at least 4 members (excludes halogenated alkanes) is 1. The van der Waals surface area contributed by atoms with Gasteiger partial charge in [-0.25, -0.2) is 4.39 Å². The maximum atomic E-state index is 13.7. The molecule has 1 aromatic rings. The molecule has 0 fully saturated rings. The monoisotopic (exact) mass is 268 g/mol. The second-order valence-electron chi connectivity index (χ2n) is 5.01. The highest BCUT2D eigenvalue weighted by atomic mass is 19.1. The zero-order valence-corrected chi connectivity index (χ0v) is 12.1. The number of halogens is 1. The van der Waals surface area contributed by atoms with E-state index in [4.69, 9.17) is 5.73 Å². The normalized spacial score (nSPS) is 12.5. The van der Waals surface area contributed by atoms with Gasteiger partial charge in [0.25, 0.3) is 0 Å². The van der Waals surface area contributed by atoms with Gasteiger partial charge < -0.3 is 15.7 Å². The number of hydrogen-bond donors (Lipinski definition) is 2. The fourth-order valence-electron chi connectivity index (χ4n) is 2.14. The molecule has 0 bridgehead atoms. The minimum atomic E-state index is -0.229. The van der Waals surface area contributed by atoms with Crippen LogP contribution in [0.5, 0.6) is 0 Å². The second kappa shape index (κ2) is 7.46. The molecule has 0 aromatic heterocycles. The third kappa shape index (κ3) is 4.18. The van der Waals surface area contributed by atoms with Crippen LogP contribution in [0.4, 0.5) is 10.1 Å². The summed E-state index contributed by atoms with van der Waals surface area (Å²) in [6, 6.07) is 3.12. The Morgan fingerprint density at radius 2 is 2.05 bits per heavy atom. The molecule has 3 N–H and O–H groups in total. The van der Waals surface area contributed by atoms with Gasteiger partial charge in [-0.2, -0.15) is 0 Å². The number of nitrogens with two attached hydrogens (primary N) is 1. The predicted molar refractivity (Wildman–Crippen MR) is 77.9 cm³/mol. The molecule has 1 atom stereocenters. The van der Waals surface area contributed by atoms with Gasteiger partial charge in [-0.15, -0.1) is 0 Å². The van der Waals surface area contributed by atoms with Crippen molar-refractivity contribution in [1.29, 1.82) is 0 Å². The molecule has 0 saturated carbocycles. The highest BCUT2D eigenvalue weighted by molar-refractivity contribution is 5.57. The molecule has 0 heterocycles. The van der Waals surface area contributed by atoms with E-state index in [9.17, 15) is 9.50 Å². The number of benzene rings is 1. The molecule has 0 amide bonds. The number of aryl methyl sites for hydroxylation is 1. The van der Waals surface area contributed by atoms with Gasteiger partial charge in [-0.05, 0) is 43.5 Å². The largest absolute Gasteiger partial charge is 0.395 e. The molecular weight excluding hydrogens is 243 g/mol. The van der Waals surface area contributed by atoms with Crippen molar-refractivity contribution in [3.8, 4) is 0 Å². The van der Waals surface area contributed by atoms with E-state index in [0.717, 1.165) is 30.6 Å². The molecule has 0 unspecified atom stereocenters. The van der Waals surface area contributed by atoms with E-state index in [-0.39, 0.29) is 18.5 Å². The lowest BCUT2D eigenvalue weighted by molar-refractivity contribution is 0.301. The molecule has 0 radical (unpaired) electrons. The van der Waals surface area contributed by atoms with Crippen LogP contribution in [0.1, 0.15) is 43.9 Å². The summed E-state index contributed by atoms with van der Waals surface area (Å²) < 4.78 is 13.7. The van der Waals surface area contributed by atoms with Crippen molar-refractivity contribution < 1.29 is 9.50 Å². The first-order valence-electron chi connectivity index (χ1n) is 6.92. The lowest BCUT2D eigenvalue weighted by Crippen LogP contribution is -2.29. The van der Waals surface area contributed by atoms with Crippen molar-refractivity contribution in [3.05, 3.63) is 29.1 Å². The predicted octanol–water partition coefficient (Wildman–Crippen LogP) is 2.75. The van der Waals surface area contributed by atoms with Gasteiger partial charge in [-0.1, -0.05) is 13.3 Å². The molecule has 3 nitrogen and oxygen atoms in total. The van der Waals surface area contributed by atoms with Crippen molar-refractivity contribution in [2.75, 3.05) is 24.6 Å². The fraction of sp³-hybridized carbons (Fsp3) is 0.600. The van der Waals surface area contributed by atoms with Crippen molar-refractivity contribution in [1.82, 2.24) is 0 Å². The molecule has 0 aliphatic heterocycles. The lowest BCUT2D eigenvalue weighted by atomic mass is 10.0. The van der Waals surface area contributed by atoms with E-state index in [0.29, 0.717) is 12.1 Å². The van der Waals surface area contributed by atoms with Crippen molar-refractivity contribution >= 4 is 5.69 Å². The number of anilines is 1. The van der Waals surface area contributed by atoms with E-state index < -0.39 is 0 Å². The Morgan fingerprint density at radius 3 is 2.58 bits per heavy atom. The first-order valence-corrected chi connectivity index (χ1v) is 6.92. The number of aliphatic hydroxyl groups is 1. The Bertz CT molecular complexity index is 407. The molecule has 0 aliphatic rings. The standard InChI is InChI=1S/C15H25FN2O/c1-4-5-6-18(7-8-19)15-9-11(2)14(16)10-13(15)12(3)17/h9-10,12,19H,4-8,17H2,1-3H3/t12-/m0/s1. The van der Waals surface area contributed by atoms with Crippen molar-refractivity contribution in [2.24, 2.45) is 5.73 Å². The van der Waals surface area contributed by atoms with E-state index >= 15 is 0 Å². The zero-order chi connectivity index (χ0) is 14.4. The van der Waals surface area contributed by atoms with Crippen LogP contribution in [0.15, 0.2) is 12.1 Å². The Balaban J connectivity index is 3.15. The molecule has 0 aliphatic carbocycles. The Labute approximate surface area is 115 Å². The molecule has 1 rings (SSSR count). The lowest BCUT2D eigenvalue weighted by Gasteiger charge is -2.28. The van der Waals surface area contributed by atoms with Gasteiger partial charge in [0, 0.05) is 24.8 Å². The van der Waals surface area contributed by atoms with Crippen LogP contribution in [-0.2, 0) is 0 Å². The van der Waals surface area contributed by atoms with Gasteiger partial charge in [0.2, 0.25) is 0 Å². The minimum Gasteiger partial charge on any atom is -0.395 e. The molecule has 4 heteroatoms. The van der Waals surface area contributed by atoms with E-state index in [1.807, 2.05) is 13.0 Å². The summed E-state index contributed by atoms with van der Waals surface area (Å²) in [4.78, 5) is 2.09. The van der Waals surface area contributed by atoms with Gasteiger partial charge in [0.1, 0.15) is 5.82 Å². The van der Waals surface area contributed by atoms with Crippen molar-refractivity contribution in [3.63, 3.8) is 0 Å². The molecule has 1 aromatic carbocycles. The SMILES string of the molecule is CCCCN(CCO)c1cc(C)c(F)cc1[C@H](C)N. The summed E-state index contributed by atoms with van der Waals surface area (Å²) in [7, 11) is 0. The van der Waals surface area contributed by atoms with Gasteiger partial charge in [0.15, 0.2) is 0 Å². The zero-order valence-electron chi connectivity index (χ0n) is 12.1. The first kappa shape index (κ1) is 15.9. The van der Waals surface area contributed by atoms with E-state index in [1.165, 1.54) is 6.07 Å². The summed E-state index contributed by atoms with van der Waals surface area (Å²) >= 11 is 0. The average Bonchev–Trinajstić information content (AvgIpc) is 2.37. The Hall–Kier alpha value is -1.13. The number of aliphatic hydroxyl groups excluding tert-OH is 1. The quantitative estimate of drug-likeness (QED) is 0.799. The number of hydrogen-bond acceptors (Lipinski definition) is 3. The third-order valence-electron chi connectivity index (χ3n) is 3.29. The topological polar surface area (TPSA) is 49.5 Å². The molecule has 0 spiro atoms. The van der Waals surface area contributed by atoms with Gasteiger partial charge in [-0.3, -0.25) is 0 Å². The summed E-state index contributed by atoms with van der Waals surface area (Å²) in [6.07, 6.45) is 2.12. The second-order valence-corrected chi connectivity index (χ2v) is 5.01. The maximum absolute atomic E-state index is 13.7. The first-order chi connectivity index (χ1) is 9.01. The Kier molecular flexibility index (Phi) is 6.25. The van der Waals surface area contributed by atoms with Crippen LogP contribution < -0.4 is 10.6 Å². The third-order valence-corrected chi connectivity index (χ3v) is 3.29. The summed E-state index contributed by atoms with van der Waals surface area (Å²) in [5.74, 6) is -0.226. The summed E-state index contributed by atoms with van der Waals surface area (Å²) in [5, 5.41) is 9.20. The summed E-state index contributed by atoms with van der Waals surface area (Å²) in [6.45, 7) is 7.20. The van der Waals surface area contributed by atoms with Crippen LogP contribution in [-0.4, -0.2) is 24.8 Å². The van der Waals surface area contributed by atoms with E-state index in [1.54, 1.807) is 6.92 Å². The molecular formula is C15H25FN2O. The maximum Gasteiger partial charge on any atom is 0.126 e. The van der Waals surface area contributed by atoms with Crippen LogP contribution in [0, 0.1) is 12.7 Å². The van der Waals surface area contributed by atoms with E-state index in [2.05, 4.69) is 11.8 Å². The summed E-state index contributed by atoms with van der Waals surface area (Å²) in [5.41, 5.74) is 8.29. The van der Waals surface area contributed by atoms with Crippen LogP contribution in [0.25, 0.3) is 0 Å². The smallest absolute Gasteiger partial charge is 0.126 e. The van der Waals surface area contributed by atoms with Gasteiger partial charge in [0.05, 0.1) is 6.61 Å². The fourth-order valence-corrected chi connectivity index (χ4v) is 2.14. The van der Waals surface area contributed by atoms with Crippen LogP contribution in [0.2, 0.25) is 0 Å². The molecule has 19 heavy (non-hydrogen) atoms.